The fourth-order valence-corrected chi connectivity index (χ4v) is 3.15. The summed E-state index contributed by atoms with van der Waals surface area (Å²) in [5.74, 6) is 0. The van der Waals surface area contributed by atoms with Crippen molar-refractivity contribution in [3.63, 3.8) is 0 Å². The second-order valence-corrected chi connectivity index (χ2v) is 6.29. The molecule has 0 saturated carbocycles. The molecule has 2 aromatic rings. The van der Waals surface area contributed by atoms with E-state index < -0.39 is 0 Å². The number of hydrogen-bond acceptors (Lipinski definition) is 5. The van der Waals surface area contributed by atoms with Crippen LogP contribution in [0.1, 0.15) is 38.3 Å². The average Bonchev–Trinajstić information content (AvgIpc) is 3.17. The van der Waals surface area contributed by atoms with Gasteiger partial charge in [-0.15, -0.1) is 5.10 Å². The van der Waals surface area contributed by atoms with Gasteiger partial charge in [-0.3, -0.25) is 0 Å². The van der Waals surface area contributed by atoms with E-state index in [-0.39, 0.29) is 12.1 Å². The van der Waals surface area contributed by atoms with E-state index in [1.165, 1.54) is 5.56 Å². The molecule has 7 nitrogen and oxygen atoms in total. The molecule has 134 valence electrons. The van der Waals surface area contributed by atoms with Gasteiger partial charge < -0.3 is 15.0 Å². The van der Waals surface area contributed by atoms with Crippen LogP contribution in [0.4, 0.5) is 4.79 Å². The lowest BCUT2D eigenvalue weighted by Gasteiger charge is -2.33. The van der Waals surface area contributed by atoms with Gasteiger partial charge in [-0.05, 0) is 44.4 Å². The Morgan fingerprint density at radius 1 is 1.32 bits per heavy atom. The van der Waals surface area contributed by atoms with Crippen LogP contribution in [0.2, 0.25) is 0 Å². The number of rotatable bonds is 5. The maximum Gasteiger partial charge on any atom is 0.409 e. The number of aromatic nitrogens is 3. The highest BCUT2D eigenvalue weighted by Gasteiger charge is 2.24. The van der Waals surface area contributed by atoms with Gasteiger partial charge in [0, 0.05) is 25.2 Å². The van der Waals surface area contributed by atoms with Crippen LogP contribution >= 0.6 is 0 Å². The van der Waals surface area contributed by atoms with Crippen molar-refractivity contribution in [2.75, 3.05) is 19.7 Å². The molecule has 1 aliphatic heterocycles. The number of ether oxygens (including phenoxy) is 1. The predicted octanol–water partition coefficient (Wildman–Crippen LogP) is 2.54. The molecule has 1 aromatic carbocycles. The second kappa shape index (κ2) is 8.11. The quantitative estimate of drug-likeness (QED) is 0.903. The lowest BCUT2D eigenvalue weighted by atomic mass is 10.0. The third-order valence-electron chi connectivity index (χ3n) is 4.59. The molecule has 0 aliphatic carbocycles. The Morgan fingerprint density at radius 2 is 2.04 bits per heavy atom. The molecule has 2 heterocycles. The number of hydrogen-bond donors (Lipinski definition) is 1. The molecular formula is C18H25N5O2. The summed E-state index contributed by atoms with van der Waals surface area (Å²) in [4.78, 5) is 13.5. The highest BCUT2D eigenvalue weighted by Crippen LogP contribution is 2.19. The molecule has 0 bridgehead atoms. The minimum absolute atomic E-state index is 0.197. The highest BCUT2D eigenvalue weighted by molar-refractivity contribution is 5.67. The highest BCUT2D eigenvalue weighted by atomic mass is 16.6. The molecule has 7 heteroatoms. The Balaban J connectivity index is 1.51. The van der Waals surface area contributed by atoms with E-state index in [0.29, 0.717) is 12.6 Å². The molecule has 3 rings (SSSR count). The first kappa shape index (κ1) is 17.4. The van der Waals surface area contributed by atoms with Gasteiger partial charge in [0.2, 0.25) is 0 Å². The molecule has 0 radical (unpaired) electrons. The van der Waals surface area contributed by atoms with Crippen LogP contribution in [-0.4, -0.2) is 51.7 Å². The van der Waals surface area contributed by atoms with Crippen molar-refractivity contribution in [1.29, 1.82) is 0 Å². The number of likely N-dealkylation sites (tertiary alicyclic amines) is 1. The Morgan fingerprint density at radius 3 is 2.64 bits per heavy atom. The lowest BCUT2D eigenvalue weighted by Crippen LogP contribution is -2.45. The second-order valence-electron chi connectivity index (χ2n) is 6.29. The van der Waals surface area contributed by atoms with Crippen LogP contribution in [0.5, 0.6) is 0 Å². The Labute approximate surface area is 148 Å². The molecule has 1 saturated heterocycles. The summed E-state index contributed by atoms with van der Waals surface area (Å²) < 4.78 is 6.81. The molecule has 1 aliphatic rings. The zero-order valence-electron chi connectivity index (χ0n) is 14.8. The number of benzene rings is 1. The molecule has 1 atom stereocenters. The third kappa shape index (κ3) is 4.36. The number of piperidine rings is 1. The fraction of sp³-hybridized carbons (Fsp3) is 0.500. The van der Waals surface area contributed by atoms with Crippen LogP contribution < -0.4 is 5.32 Å². The summed E-state index contributed by atoms with van der Waals surface area (Å²) in [6.07, 6.45) is 5.19. The molecule has 1 aromatic heterocycles. The monoisotopic (exact) mass is 343 g/mol. The van der Waals surface area contributed by atoms with E-state index in [2.05, 4.69) is 34.7 Å². The maximum atomic E-state index is 11.7. The zero-order valence-corrected chi connectivity index (χ0v) is 14.8. The predicted molar refractivity (Wildman–Crippen MR) is 94.5 cm³/mol. The molecule has 0 unspecified atom stereocenters. The summed E-state index contributed by atoms with van der Waals surface area (Å²) in [6, 6.07) is 8.99. The number of carbonyl (C=O) groups is 1. The van der Waals surface area contributed by atoms with Crippen LogP contribution in [0.25, 0.3) is 5.69 Å². The van der Waals surface area contributed by atoms with Gasteiger partial charge in [-0.25, -0.2) is 9.48 Å². The number of nitrogens with zero attached hydrogens (tertiary/aromatic N) is 4. The van der Waals surface area contributed by atoms with E-state index in [1.54, 1.807) is 15.8 Å². The molecule has 1 N–H and O–H groups in total. The first-order valence-electron chi connectivity index (χ1n) is 8.81. The molecular weight excluding hydrogens is 318 g/mol. The van der Waals surface area contributed by atoms with Crippen molar-refractivity contribution in [2.24, 2.45) is 0 Å². The van der Waals surface area contributed by atoms with Crippen molar-refractivity contribution in [3.8, 4) is 5.69 Å². The topological polar surface area (TPSA) is 72.3 Å². The number of carbonyl (C=O) groups excluding carboxylic acids is 1. The molecule has 1 amide bonds. The van der Waals surface area contributed by atoms with E-state index in [4.69, 9.17) is 4.74 Å². The van der Waals surface area contributed by atoms with Crippen molar-refractivity contribution in [1.82, 2.24) is 25.2 Å². The average molecular weight is 343 g/mol. The van der Waals surface area contributed by atoms with Gasteiger partial charge in [-0.2, -0.15) is 0 Å². The summed E-state index contributed by atoms with van der Waals surface area (Å²) in [5.41, 5.74) is 2.23. The van der Waals surface area contributed by atoms with Crippen molar-refractivity contribution < 1.29 is 9.53 Å². The summed E-state index contributed by atoms with van der Waals surface area (Å²) in [6.45, 7) is 5.92. The summed E-state index contributed by atoms with van der Waals surface area (Å²) in [5, 5.41) is 11.5. The van der Waals surface area contributed by atoms with Crippen molar-refractivity contribution in [3.05, 3.63) is 42.2 Å². The normalized spacial score (nSPS) is 16.6. The van der Waals surface area contributed by atoms with Crippen molar-refractivity contribution >= 4 is 6.09 Å². The standard InChI is InChI=1S/C18H25N5O2/c1-3-25-18(24)22-11-8-16(9-12-22)20-14(2)15-4-6-17(7-5-15)23-13-10-19-21-23/h4-7,10,13-14,16,20H,3,8-9,11-12H2,1-2H3/t14-/m0/s1. The van der Waals surface area contributed by atoms with Gasteiger partial charge in [0.25, 0.3) is 0 Å². The minimum atomic E-state index is -0.197. The SMILES string of the molecule is CCOC(=O)N1CCC(N[C@@H](C)c2ccc(-n3ccnn3)cc2)CC1. The Hall–Kier alpha value is -2.41. The lowest BCUT2D eigenvalue weighted by molar-refractivity contribution is 0.0944. The van der Waals surface area contributed by atoms with Gasteiger partial charge in [0.1, 0.15) is 0 Å². The van der Waals surface area contributed by atoms with Gasteiger partial charge in [-0.1, -0.05) is 17.3 Å². The van der Waals surface area contributed by atoms with E-state index in [1.807, 2.05) is 25.3 Å². The van der Waals surface area contributed by atoms with Crippen LogP contribution in [0, 0.1) is 0 Å². The largest absolute Gasteiger partial charge is 0.450 e. The third-order valence-corrected chi connectivity index (χ3v) is 4.59. The van der Waals surface area contributed by atoms with Crippen LogP contribution in [0.3, 0.4) is 0 Å². The molecule has 1 fully saturated rings. The van der Waals surface area contributed by atoms with Crippen molar-refractivity contribution in [2.45, 2.75) is 38.8 Å². The summed E-state index contributed by atoms with van der Waals surface area (Å²) in [7, 11) is 0. The van der Waals surface area contributed by atoms with Gasteiger partial charge >= 0.3 is 6.09 Å². The zero-order chi connectivity index (χ0) is 17.6. The molecule has 25 heavy (non-hydrogen) atoms. The Kier molecular flexibility index (Phi) is 5.65. The summed E-state index contributed by atoms with van der Waals surface area (Å²) >= 11 is 0. The fourth-order valence-electron chi connectivity index (χ4n) is 3.15. The minimum Gasteiger partial charge on any atom is -0.450 e. The first-order valence-corrected chi connectivity index (χ1v) is 8.81. The van der Waals surface area contributed by atoms with Crippen LogP contribution in [-0.2, 0) is 4.74 Å². The number of nitrogens with one attached hydrogen (secondary N) is 1. The first-order chi connectivity index (χ1) is 12.2. The van der Waals surface area contributed by atoms with E-state index in [0.717, 1.165) is 31.6 Å². The van der Waals surface area contributed by atoms with Crippen LogP contribution in [0.15, 0.2) is 36.7 Å². The van der Waals surface area contributed by atoms with Gasteiger partial charge in [0.05, 0.1) is 24.7 Å². The number of amides is 1. The van der Waals surface area contributed by atoms with E-state index in [9.17, 15) is 4.79 Å². The Bertz CT molecular complexity index is 663. The smallest absolute Gasteiger partial charge is 0.409 e. The maximum absolute atomic E-state index is 11.7. The van der Waals surface area contributed by atoms with Gasteiger partial charge in [0.15, 0.2) is 0 Å². The molecule has 0 spiro atoms. The van der Waals surface area contributed by atoms with E-state index >= 15 is 0 Å².